The van der Waals surface area contributed by atoms with Crippen molar-refractivity contribution < 1.29 is 9.47 Å². The van der Waals surface area contributed by atoms with Gasteiger partial charge in [0.2, 0.25) is 0 Å². The van der Waals surface area contributed by atoms with Gasteiger partial charge in [0.15, 0.2) is 11.5 Å². The molecule has 0 unspecified atom stereocenters. The van der Waals surface area contributed by atoms with E-state index in [4.69, 9.17) is 9.47 Å². The van der Waals surface area contributed by atoms with E-state index < -0.39 is 0 Å². The summed E-state index contributed by atoms with van der Waals surface area (Å²) in [6.45, 7) is 6.76. The van der Waals surface area contributed by atoms with E-state index >= 15 is 0 Å². The van der Waals surface area contributed by atoms with Crippen LogP contribution in [0, 0.1) is 17.4 Å². The first kappa shape index (κ1) is 16.8. The Hall–Kier alpha value is -1.56. The molecule has 0 spiro atoms. The van der Waals surface area contributed by atoms with Crippen molar-refractivity contribution in [1.29, 1.82) is 0 Å². The van der Waals surface area contributed by atoms with Crippen LogP contribution in [0.25, 0.3) is 0 Å². The van der Waals surface area contributed by atoms with Crippen LogP contribution in [-0.4, -0.2) is 19.9 Å². The van der Waals surface area contributed by atoms with Gasteiger partial charge >= 0.3 is 0 Å². The van der Waals surface area contributed by atoms with Gasteiger partial charge in [0.25, 0.3) is 0 Å². The molecule has 3 nitrogen and oxygen atoms in total. The van der Waals surface area contributed by atoms with Gasteiger partial charge in [0.1, 0.15) is 0 Å². The summed E-state index contributed by atoms with van der Waals surface area (Å²) in [7, 11) is 1.66. The molecule has 0 bridgehead atoms. The van der Waals surface area contributed by atoms with Crippen molar-refractivity contribution in [3.8, 4) is 11.5 Å². The molecular weight excluding hydrogens is 389 g/mol. The Labute approximate surface area is 145 Å². The molecule has 0 saturated heterocycles. The van der Waals surface area contributed by atoms with E-state index in [0.717, 1.165) is 26.3 Å². The number of hydrogen-bond donors (Lipinski definition) is 0. The van der Waals surface area contributed by atoms with E-state index in [9.17, 15) is 0 Å². The van der Waals surface area contributed by atoms with Gasteiger partial charge < -0.3 is 9.47 Å². The highest BCUT2D eigenvalue weighted by atomic mass is 127. The Morgan fingerprint density at radius 2 is 1.91 bits per heavy atom. The lowest BCUT2D eigenvalue weighted by atomic mass is 10.1. The Morgan fingerprint density at radius 3 is 2.55 bits per heavy atom. The van der Waals surface area contributed by atoms with Gasteiger partial charge in [-0.3, -0.25) is 4.99 Å². The molecule has 2 aromatic rings. The molecular formula is C18H20INO2. The maximum Gasteiger partial charge on any atom is 0.174 e. The molecule has 116 valence electrons. The standard InChI is InChI=1S/C18H20INO2/c1-5-22-17-10-14(9-16(19)18(17)21-4)11-20-15-7-6-12(2)13(3)8-15/h6-11H,5H2,1-4H3. The number of aliphatic imine (C=N–C) groups is 1. The van der Waals surface area contributed by atoms with Gasteiger partial charge in [0.05, 0.1) is 23.0 Å². The molecule has 0 aliphatic heterocycles. The quantitative estimate of drug-likeness (QED) is 0.510. The predicted molar refractivity (Wildman–Crippen MR) is 100 cm³/mol. The molecule has 0 atom stereocenters. The summed E-state index contributed by atoms with van der Waals surface area (Å²) in [6, 6.07) is 10.2. The van der Waals surface area contributed by atoms with Crippen molar-refractivity contribution >= 4 is 34.5 Å². The molecule has 22 heavy (non-hydrogen) atoms. The van der Waals surface area contributed by atoms with E-state index in [-0.39, 0.29) is 0 Å². The van der Waals surface area contributed by atoms with E-state index in [1.165, 1.54) is 11.1 Å². The van der Waals surface area contributed by atoms with Crippen molar-refractivity contribution in [1.82, 2.24) is 0 Å². The van der Waals surface area contributed by atoms with Gasteiger partial charge in [0, 0.05) is 6.21 Å². The van der Waals surface area contributed by atoms with E-state index in [2.05, 4.69) is 53.6 Å². The van der Waals surface area contributed by atoms with Gasteiger partial charge in [-0.1, -0.05) is 6.07 Å². The summed E-state index contributed by atoms with van der Waals surface area (Å²) in [6.07, 6.45) is 1.86. The minimum Gasteiger partial charge on any atom is -0.492 e. The highest BCUT2D eigenvalue weighted by Gasteiger charge is 2.10. The van der Waals surface area contributed by atoms with Crippen molar-refractivity contribution in [2.75, 3.05) is 13.7 Å². The van der Waals surface area contributed by atoms with Gasteiger partial charge in [-0.25, -0.2) is 0 Å². The second-order valence-corrected chi connectivity index (χ2v) is 6.16. The first-order valence-electron chi connectivity index (χ1n) is 7.16. The second-order valence-electron chi connectivity index (χ2n) is 4.99. The fourth-order valence-corrected chi connectivity index (χ4v) is 2.92. The van der Waals surface area contributed by atoms with Crippen LogP contribution in [-0.2, 0) is 0 Å². The predicted octanol–water partition coefficient (Wildman–Crippen LogP) is 5.07. The Morgan fingerprint density at radius 1 is 1.14 bits per heavy atom. The lowest BCUT2D eigenvalue weighted by Gasteiger charge is -2.11. The van der Waals surface area contributed by atoms with Crippen LogP contribution in [0.3, 0.4) is 0 Å². The first-order valence-corrected chi connectivity index (χ1v) is 8.24. The summed E-state index contributed by atoms with van der Waals surface area (Å²) >= 11 is 2.25. The third-order valence-electron chi connectivity index (χ3n) is 3.39. The average Bonchev–Trinajstić information content (AvgIpc) is 2.49. The summed E-state index contributed by atoms with van der Waals surface area (Å²) < 4.78 is 12.1. The fourth-order valence-electron chi connectivity index (χ4n) is 2.08. The van der Waals surface area contributed by atoms with Gasteiger partial charge in [-0.15, -0.1) is 0 Å². The first-order chi connectivity index (χ1) is 10.5. The summed E-state index contributed by atoms with van der Waals surface area (Å²) in [5.41, 5.74) is 4.46. The summed E-state index contributed by atoms with van der Waals surface area (Å²) in [5, 5.41) is 0. The topological polar surface area (TPSA) is 30.8 Å². The normalized spacial score (nSPS) is 11.0. The van der Waals surface area contributed by atoms with Crippen LogP contribution in [0.15, 0.2) is 35.3 Å². The Kier molecular flexibility index (Phi) is 5.83. The molecule has 0 amide bonds. The molecule has 2 aromatic carbocycles. The highest BCUT2D eigenvalue weighted by molar-refractivity contribution is 14.1. The van der Waals surface area contributed by atoms with Crippen molar-refractivity contribution in [2.45, 2.75) is 20.8 Å². The molecule has 0 aromatic heterocycles. The molecule has 0 saturated carbocycles. The van der Waals surface area contributed by atoms with E-state index in [1.807, 2.05) is 31.3 Å². The lowest BCUT2D eigenvalue weighted by Crippen LogP contribution is -1.98. The Bertz CT molecular complexity index is 696. The molecule has 4 heteroatoms. The maximum atomic E-state index is 5.64. The number of methoxy groups -OCH3 is 1. The number of rotatable bonds is 5. The zero-order valence-corrected chi connectivity index (χ0v) is 15.5. The monoisotopic (exact) mass is 409 g/mol. The number of ether oxygens (including phenoxy) is 2. The number of hydrogen-bond acceptors (Lipinski definition) is 3. The van der Waals surface area contributed by atoms with E-state index in [1.54, 1.807) is 7.11 Å². The zero-order chi connectivity index (χ0) is 16.1. The second kappa shape index (κ2) is 7.63. The maximum absolute atomic E-state index is 5.64. The van der Waals surface area contributed by atoms with Gasteiger partial charge in [-0.05, 0) is 84.3 Å². The van der Waals surface area contributed by atoms with Crippen molar-refractivity contribution in [2.24, 2.45) is 4.99 Å². The molecule has 0 aliphatic rings. The van der Waals surface area contributed by atoms with Crippen LogP contribution >= 0.6 is 22.6 Å². The highest BCUT2D eigenvalue weighted by Crippen LogP contribution is 2.33. The lowest BCUT2D eigenvalue weighted by molar-refractivity contribution is 0.309. The molecule has 2 rings (SSSR count). The van der Waals surface area contributed by atoms with Crippen LogP contribution in [0.4, 0.5) is 5.69 Å². The number of benzene rings is 2. The van der Waals surface area contributed by atoms with Crippen LogP contribution in [0.5, 0.6) is 11.5 Å². The van der Waals surface area contributed by atoms with Crippen LogP contribution in [0.1, 0.15) is 23.6 Å². The SMILES string of the molecule is CCOc1cc(C=Nc2ccc(C)c(C)c2)cc(I)c1OC. The molecule has 0 heterocycles. The molecule has 0 aliphatic carbocycles. The average molecular weight is 409 g/mol. The summed E-state index contributed by atoms with van der Waals surface area (Å²) in [5.74, 6) is 1.52. The molecule has 0 N–H and O–H groups in total. The van der Waals surface area contributed by atoms with Crippen LogP contribution < -0.4 is 9.47 Å². The number of halogens is 1. The third kappa shape index (κ3) is 4.00. The fraction of sp³-hybridized carbons (Fsp3) is 0.278. The smallest absolute Gasteiger partial charge is 0.174 e. The number of nitrogens with zero attached hydrogens (tertiary/aromatic N) is 1. The summed E-state index contributed by atoms with van der Waals surface area (Å²) in [4.78, 5) is 4.55. The molecule has 0 fully saturated rings. The Balaban J connectivity index is 2.32. The van der Waals surface area contributed by atoms with Gasteiger partial charge in [-0.2, -0.15) is 0 Å². The minimum absolute atomic E-state index is 0.601. The van der Waals surface area contributed by atoms with Crippen molar-refractivity contribution in [3.63, 3.8) is 0 Å². The van der Waals surface area contributed by atoms with E-state index in [0.29, 0.717) is 6.61 Å². The largest absolute Gasteiger partial charge is 0.492 e. The number of aryl methyl sites for hydroxylation is 2. The zero-order valence-electron chi connectivity index (χ0n) is 13.3. The third-order valence-corrected chi connectivity index (χ3v) is 4.19. The van der Waals surface area contributed by atoms with Crippen LogP contribution in [0.2, 0.25) is 0 Å². The minimum atomic E-state index is 0.601. The van der Waals surface area contributed by atoms with Crippen molar-refractivity contribution in [3.05, 3.63) is 50.6 Å². The molecule has 0 radical (unpaired) electrons.